The molecule has 160 valence electrons. The van der Waals surface area contributed by atoms with Gasteiger partial charge in [0.25, 0.3) is 0 Å². The van der Waals surface area contributed by atoms with Crippen LogP contribution in [0.15, 0.2) is 12.2 Å². The Morgan fingerprint density at radius 3 is 2.04 bits per heavy atom. The zero-order valence-corrected chi connectivity index (χ0v) is 18.8. The van der Waals surface area contributed by atoms with Gasteiger partial charge in [-0.3, -0.25) is 0 Å². The molecule has 0 saturated heterocycles. The molecule has 0 spiro atoms. The summed E-state index contributed by atoms with van der Waals surface area (Å²) in [7, 11) is 8.49. The van der Waals surface area contributed by atoms with Gasteiger partial charge in [0, 0.05) is 18.6 Å². The van der Waals surface area contributed by atoms with Gasteiger partial charge in [-0.2, -0.15) is 0 Å². The van der Waals surface area contributed by atoms with Crippen molar-refractivity contribution in [1.29, 1.82) is 0 Å². The highest BCUT2D eigenvalue weighted by molar-refractivity contribution is 4.95. The van der Waals surface area contributed by atoms with E-state index >= 15 is 0 Å². The molecule has 4 nitrogen and oxygen atoms in total. The monoisotopic (exact) mass is 382 g/mol. The van der Waals surface area contributed by atoms with Crippen LogP contribution >= 0.6 is 0 Å². The van der Waals surface area contributed by atoms with Crippen molar-refractivity contribution < 1.29 is 9.47 Å². The molecular formula is C23H46N2O2. The molecule has 27 heavy (non-hydrogen) atoms. The van der Waals surface area contributed by atoms with Gasteiger partial charge in [0.1, 0.15) is 0 Å². The molecule has 0 saturated carbocycles. The molecule has 1 rings (SSSR count). The smallest absolute Gasteiger partial charge is 0.0544 e. The Hall–Kier alpha value is -0.420. The quantitative estimate of drug-likeness (QED) is 0.327. The van der Waals surface area contributed by atoms with E-state index in [0.29, 0.717) is 0 Å². The van der Waals surface area contributed by atoms with Gasteiger partial charge in [-0.05, 0) is 92.1 Å². The molecule has 0 heterocycles. The first-order valence-corrected chi connectivity index (χ1v) is 11.1. The van der Waals surface area contributed by atoms with Gasteiger partial charge < -0.3 is 19.3 Å². The van der Waals surface area contributed by atoms with Crippen LogP contribution in [0.2, 0.25) is 0 Å². The lowest BCUT2D eigenvalue weighted by Crippen LogP contribution is -2.34. The summed E-state index contributed by atoms with van der Waals surface area (Å²) in [4.78, 5) is 4.45. The van der Waals surface area contributed by atoms with Crippen molar-refractivity contribution in [3.8, 4) is 0 Å². The Labute approximate surface area is 169 Å². The maximum Gasteiger partial charge on any atom is 0.0544 e. The minimum absolute atomic E-state index is 0.187. The van der Waals surface area contributed by atoms with E-state index in [0.717, 1.165) is 64.7 Å². The van der Waals surface area contributed by atoms with Gasteiger partial charge in [0.2, 0.25) is 0 Å². The zero-order chi connectivity index (χ0) is 20.0. The van der Waals surface area contributed by atoms with Crippen molar-refractivity contribution in [2.45, 2.75) is 58.3 Å². The Balaban J connectivity index is 2.54. The predicted molar refractivity (Wildman–Crippen MR) is 116 cm³/mol. The molecule has 4 heteroatoms. The predicted octanol–water partition coefficient (Wildman–Crippen LogP) is 4.46. The molecule has 0 fully saturated rings. The molecule has 0 aromatic carbocycles. The number of nitrogens with zero attached hydrogens (tertiary/aromatic N) is 2. The largest absolute Gasteiger partial charge is 0.381 e. The molecule has 1 atom stereocenters. The minimum atomic E-state index is 0.187. The van der Waals surface area contributed by atoms with Crippen LogP contribution in [0.4, 0.5) is 0 Å². The van der Waals surface area contributed by atoms with Gasteiger partial charge >= 0.3 is 0 Å². The third-order valence-corrected chi connectivity index (χ3v) is 5.56. The van der Waals surface area contributed by atoms with Crippen molar-refractivity contribution in [3.05, 3.63) is 12.2 Å². The van der Waals surface area contributed by atoms with E-state index in [1.807, 2.05) is 0 Å². The maximum atomic E-state index is 6.17. The summed E-state index contributed by atoms with van der Waals surface area (Å²) >= 11 is 0. The lowest BCUT2D eigenvalue weighted by atomic mass is 9.76. The van der Waals surface area contributed by atoms with Crippen molar-refractivity contribution in [2.75, 3.05) is 67.7 Å². The van der Waals surface area contributed by atoms with E-state index in [9.17, 15) is 0 Å². The van der Waals surface area contributed by atoms with E-state index in [1.165, 1.54) is 32.1 Å². The van der Waals surface area contributed by atoms with E-state index in [2.05, 4.69) is 57.1 Å². The van der Waals surface area contributed by atoms with Crippen LogP contribution in [0.25, 0.3) is 0 Å². The summed E-state index contributed by atoms with van der Waals surface area (Å²) in [6, 6.07) is 0. The summed E-state index contributed by atoms with van der Waals surface area (Å²) in [5.41, 5.74) is 0.187. The van der Waals surface area contributed by atoms with Crippen molar-refractivity contribution in [3.63, 3.8) is 0 Å². The van der Waals surface area contributed by atoms with Crippen LogP contribution < -0.4 is 0 Å². The average molecular weight is 383 g/mol. The Morgan fingerprint density at radius 1 is 0.926 bits per heavy atom. The van der Waals surface area contributed by atoms with Crippen LogP contribution in [0.5, 0.6) is 0 Å². The first-order valence-electron chi connectivity index (χ1n) is 11.1. The normalized spacial score (nSPS) is 20.2. The first-order chi connectivity index (χ1) is 13.0. The number of rotatable bonds is 14. The summed E-state index contributed by atoms with van der Waals surface area (Å²) in [6.45, 7) is 7.89. The Bertz CT molecular complexity index is 365. The molecule has 1 unspecified atom stereocenters. The fraction of sp³-hybridized carbons (Fsp3) is 0.913. The number of hydrogen-bond donors (Lipinski definition) is 0. The first kappa shape index (κ1) is 24.6. The second kappa shape index (κ2) is 14.6. The van der Waals surface area contributed by atoms with E-state index in [-0.39, 0.29) is 5.41 Å². The highest BCUT2D eigenvalue weighted by Gasteiger charge is 2.31. The van der Waals surface area contributed by atoms with Crippen LogP contribution in [0.1, 0.15) is 58.3 Å². The molecule has 0 radical (unpaired) electrons. The standard InChI is InChI=1S/C23H46N2O2/c1-6-11-22-12-7-8-14-23(15-13-22,20-26-18-9-16-24(2)3)21-27-19-10-17-25(4)5/h7,12,22H,6,8-11,13-21H2,1-5H3. The highest BCUT2D eigenvalue weighted by Crippen LogP contribution is 2.36. The van der Waals surface area contributed by atoms with Gasteiger partial charge in [-0.25, -0.2) is 0 Å². The van der Waals surface area contributed by atoms with Gasteiger partial charge in [0.15, 0.2) is 0 Å². The topological polar surface area (TPSA) is 24.9 Å². The fourth-order valence-electron chi connectivity index (χ4n) is 3.88. The average Bonchev–Trinajstić information content (AvgIpc) is 2.59. The van der Waals surface area contributed by atoms with Crippen molar-refractivity contribution >= 4 is 0 Å². The maximum absolute atomic E-state index is 6.17. The van der Waals surface area contributed by atoms with Crippen molar-refractivity contribution in [1.82, 2.24) is 9.80 Å². The SMILES string of the molecule is CCCC1C=CCCC(COCCCN(C)C)(COCCCN(C)C)CC1. The van der Waals surface area contributed by atoms with Gasteiger partial charge in [-0.1, -0.05) is 25.5 Å². The second-order valence-electron chi connectivity index (χ2n) is 8.97. The van der Waals surface area contributed by atoms with E-state index < -0.39 is 0 Å². The highest BCUT2D eigenvalue weighted by atomic mass is 16.5. The third kappa shape index (κ3) is 11.9. The zero-order valence-electron chi connectivity index (χ0n) is 18.8. The Kier molecular flexibility index (Phi) is 13.3. The van der Waals surface area contributed by atoms with E-state index in [1.54, 1.807) is 0 Å². The molecule has 1 aliphatic rings. The van der Waals surface area contributed by atoms with Crippen LogP contribution in [-0.2, 0) is 9.47 Å². The lowest BCUT2D eigenvalue weighted by Gasteiger charge is -2.35. The molecule has 0 N–H and O–H groups in total. The molecule has 0 bridgehead atoms. The number of allylic oxidation sites excluding steroid dienone is 2. The Morgan fingerprint density at radius 2 is 1.52 bits per heavy atom. The summed E-state index contributed by atoms with van der Waals surface area (Å²) in [6.07, 6.45) is 14.5. The molecule has 1 aliphatic carbocycles. The number of ether oxygens (including phenoxy) is 2. The van der Waals surface area contributed by atoms with Gasteiger partial charge in [-0.15, -0.1) is 0 Å². The lowest BCUT2D eigenvalue weighted by molar-refractivity contribution is -0.0368. The molecule has 0 aliphatic heterocycles. The van der Waals surface area contributed by atoms with E-state index in [4.69, 9.17) is 9.47 Å². The third-order valence-electron chi connectivity index (χ3n) is 5.56. The molecule has 0 amide bonds. The van der Waals surface area contributed by atoms with Crippen molar-refractivity contribution in [2.24, 2.45) is 11.3 Å². The van der Waals surface area contributed by atoms with Crippen LogP contribution in [-0.4, -0.2) is 77.5 Å². The fourth-order valence-corrected chi connectivity index (χ4v) is 3.88. The van der Waals surface area contributed by atoms with Crippen LogP contribution in [0, 0.1) is 11.3 Å². The number of hydrogen-bond acceptors (Lipinski definition) is 4. The summed E-state index contributed by atoms with van der Waals surface area (Å²) < 4.78 is 12.3. The minimum Gasteiger partial charge on any atom is -0.381 e. The second-order valence-corrected chi connectivity index (χ2v) is 8.97. The summed E-state index contributed by atoms with van der Waals surface area (Å²) in [5, 5.41) is 0. The van der Waals surface area contributed by atoms with Gasteiger partial charge in [0.05, 0.1) is 13.2 Å². The molecule has 0 aromatic heterocycles. The molecule has 0 aromatic rings. The summed E-state index contributed by atoms with van der Waals surface area (Å²) in [5.74, 6) is 0.733. The van der Waals surface area contributed by atoms with Crippen LogP contribution in [0.3, 0.4) is 0 Å². The molecular weight excluding hydrogens is 336 g/mol.